The van der Waals surface area contributed by atoms with Crippen LogP contribution in [0.2, 0.25) is 0 Å². The van der Waals surface area contributed by atoms with Crippen LogP contribution in [0.25, 0.3) is 0 Å². The first kappa shape index (κ1) is 24.4. The monoisotopic (exact) mass is 522 g/mol. The summed E-state index contributed by atoms with van der Waals surface area (Å²) in [5.41, 5.74) is 2.69. The molecule has 2 aliphatic rings. The maximum atomic E-state index is 12.8. The number of aliphatic imine (C=N–C) groups is 1. The van der Waals surface area contributed by atoms with Gasteiger partial charge in [-0.05, 0) is 47.5 Å². The number of benzene rings is 3. The summed E-state index contributed by atoms with van der Waals surface area (Å²) in [6.07, 6.45) is 0.155. The van der Waals surface area contributed by atoms with Crippen LogP contribution in [0.1, 0.15) is 11.1 Å². The molecule has 2 atom stereocenters. The highest BCUT2D eigenvalue weighted by Crippen LogP contribution is 2.41. The summed E-state index contributed by atoms with van der Waals surface area (Å²) in [5.74, 6) is 1.28. The number of sulfone groups is 1. The van der Waals surface area contributed by atoms with E-state index in [-0.39, 0.29) is 35.1 Å². The number of fused-ring (bicyclic) bond motifs is 1. The van der Waals surface area contributed by atoms with Crippen LogP contribution in [0.3, 0.4) is 0 Å². The first-order chi connectivity index (χ1) is 17.4. The predicted molar refractivity (Wildman–Crippen MR) is 143 cm³/mol. The molecular weight excluding hydrogens is 496 g/mol. The lowest BCUT2D eigenvalue weighted by Gasteiger charge is -2.24. The smallest absolute Gasteiger partial charge is 0.252 e. The number of amides is 1. The number of carbonyl (C=O) groups is 1. The minimum absolute atomic E-state index is 0.0443. The zero-order valence-corrected chi connectivity index (χ0v) is 21.4. The van der Waals surface area contributed by atoms with Gasteiger partial charge in [0.2, 0.25) is 0 Å². The SMILES string of the molecule is COc1ccc(CC(=O)N=C2SC3CS(=O)(=O)CC3N2c2ccc(OCc3ccccc3)cc2)cc1. The summed E-state index contributed by atoms with van der Waals surface area (Å²) in [5, 5.41) is 0.382. The fraction of sp³-hybridized carbons (Fsp3) is 0.259. The topological polar surface area (TPSA) is 85.3 Å². The zero-order chi connectivity index (χ0) is 25.1. The van der Waals surface area contributed by atoms with Crippen molar-refractivity contribution in [3.8, 4) is 11.5 Å². The van der Waals surface area contributed by atoms with Crippen LogP contribution in [-0.2, 0) is 27.7 Å². The molecule has 2 aliphatic heterocycles. The third-order valence-corrected chi connectivity index (χ3v) is 9.37. The summed E-state index contributed by atoms with van der Waals surface area (Å²) < 4.78 is 35.7. The minimum atomic E-state index is -3.14. The van der Waals surface area contributed by atoms with Crippen LogP contribution < -0.4 is 14.4 Å². The molecule has 1 amide bonds. The third-order valence-electron chi connectivity index (χ3n) is 6.16. The predicted octanol–water partition coefficient (Wildman–Crippen LogP) is 4.12. The molecule has 9 heteroatoms. The van der Waals surface area contributed by atoms with E-state index in [1.54, 1.807) is 7.11 Å². The van der Waals surface area contributed by atoms with Gasteiger partial charge in [0.25, 0.3) is 5.91 Å². The number of carbonyl (C=O) groups excluding carboxylic acids is 1. The van der Waals surface area contributed by atoms with Gasteiger partial charge in [-0.3, -0.25) is 4.79 Å². The summed E-state index contributed by atoms with van der Waals surface area (Å²) in [7, 11) is -1.55. The van der Waals surface area contributed by atoms with Gasteiger partial charge in [-0.2, -0.15) is 4.99 Å². The fourth-order valence-electron chi connectivity index (χ4n) is 4.37. The second kappa shape index (κ2) is 10.4. The van der Waals surface area contributed by atoms with Gasteiger partial charge in [0.05, 0.1) is 31.1 Å². The van der Waals surface area contributed by atoms with E-state index in [9.17, 15) is 13.2 Å². The Morgan fingerprint density at radius 3 is 2.33 bits per heavy atom. The largest absolute Gasteiger partial charge is 0.497 e. The molecular formula is C27H26N2O5S2. The number of ether oxygens (including phenoxy) is 2. The summed E-state index contributed by atoms with van der Waals surface area (Å²) in [6, 6.07) is 24.4. The van der Waals surface area contributed by atoms with Crippen molar-refractivity contribution < 1.29 is 22.7 Å². The molecule has 3 aromatic carbocycles. The van der Waals surface area contributed by atoms with Gasteiger partial charge in [0, 0.05) is 10.9 Å². The highest BCUT2D eigenvalue weighted by atomic mass is 32.2. The summed E-state index contributed by atoms with van der Waals surface area (Å²) in [4.78, 5) is 19.1. The summed E-state index contributed by atoms with van der Waals surface area (Å²) in [6.45, 7) is 0.454. The van der Waals surface area contributed by atoms with Crippen molar-refractivity contribution in [1.82, 2.24) is 0 Å². The number of amidine groups is 1. The van der Waals surface area contributed by atoms with E-state index in [0.29, 0.717) is 17.5 Å². The van der Waals surface area contributed by atoms with Crippen LogP contribution >= 0.6 is 11.8 Å². The Labute approximate surface area is 215 Å². The van der Waals surface area contributed by atoms with E-state index in [0.717, 1.165) is 22.6 Å². The van der Waals surface area contributed by atoms with Gasteiger partial charge in [-0.25, -0.2) is 8.42 Å². The van der Waals surface area contributed by atoms with Crippen molar-refractivity contribution >= 4 is 38.4 Å². The van der Waals surface area contributed by atoms with Gasteiger partial charge in [-0.15, -0.1) is 0 Å². The lowest BCUT2D eigenvalue weighted by molar-refractivity contribution is -0.117. The number of hydrogen-bond acceptors (Lipinski definition) is 6. The van der Waals surface area contributed by atoms with E-state index in [1.165, 1.54) is 11.8 Å². The van der Waals surface area contributed by atoms with Crippen LogP contribution in [0.4, 0.5) is 5.69 Å². The number of thioether (sulfide) groups is 1. The van der Waals surface area contributed by atoms with E-state index in [2.05, 4.69) is 4.99 Å². The molecule has 0 saturated carbocycles. The molecule has 0 bridgehead atoms. The van der Waals surface area contributed by atoms with Crippen molar-refractivity contribution in [2.75, 3.05) is 23.5 Å². The molecule has 2 unspecified atom stereocenters. The number of rotatable bonds is 7. The van der Waals surface area contributed by atoms with E-state index < -0.39 is 9.84 Å². The average molecular weight is 523 g/mol. The highest BCUT2D eigenvalue weighted by molar-refractivity contribution is 8.16. The highest BCUT2D eigenvalue weighted by Gasteiger charge is 2.49. The molecule has 0 N–H and O–H groups in total. The molecule has 7 nitrogen and oxygen atoms in total. The van der Waals surface area contributed by atoms with Gasteiger partial charge in [0.15, 0.2) is 15.0 Å². The van der Waals surface area contributed by atoms with Crippen molar-refractivity contribution in [2.45, 2.75) is 24.3 Å². The molecule has 186 valence electrons. The Balaban J connectivity index is 1.34. The molecule has 2 saturated heterocycles. The van der Waals surface area contributed by atoms with Crippen LogP contribution in [0, 0.1) is 0 Å². The molecule has 2 fully saturated rings. The third kappa shape index (κ3) is 5.57. The van der Waals surface area contributed by atoms with Gasteiger partial charge < -0.3 is 14.4 Å². The maximum absolute atomic E-state index is 12.8. The molecule has 5 rings (SSSR count). The number of hydrogen-bond donors (Lipinski definition) is 0. The quantitative estimate of drug-likeness (QED) is 0.462. The number of methoxy groups -OCH3 is 1. The Hall–Kier alpha value is -3.30. The van der Waals surface area contributed by atoms with Crippen molar-refractivity contribution in [3.63, 3.8) is 0 Å². The van der Waals surface area contributed by atoms with E-state index in [1.807, 2.05) is 83.8 Å². The maximum Gasteiger partial charge on any atom is 0.252 e. The lowest BCUT2D eigenvalue weighted by atomic mass is 10.1. The van der Waals surface area contributed by atoms with Gasteiger partial charge in [0.1, 0.15) is 18.1 Å². The Morgan fingerprint density at radius 1 is 0.944 bits per heavy atom. The molecule has 0 aromatic heterocycles. The zero-order valence-electron chi connectivity index (χ0n) is 19.7. The first-order valence-electron chi connectivity index (χ1n) is 11.6. The standard InChI is InChI=1S/C27H26N2O5S2/c1-33-22-11-7-19(8-12-22)15-26(30)28-27-29(24-17-36(31,32)18-25(24)35-27)21-9-13-23(14-10-21)34-16-20-5-3-2-4-6-20/h2-14,24-25H,15-18H2,1H3. The summed E-state index contributed by atoms with van der Waals surface area (Å²) >= 11 is 1.37. The Bertz CT molecular complexity index is 1360. The lowest BCUT2D eigenvalue weighted by Crippen LogP contribution is -2.37. The van der Waals surface area contributed by atoms with Crippen molar-refractivity contribution in [3.05, 3.63) is 90.0 Å². The van der Waals surface area contributed by atoms with Crippen molar-refractivity contribution in [2.24, 2.45) is 4.99 Å². The Kier molecular flexibility index (Phi) is 7.02. The molecule has 0 spiro atoms. The minimum Gasteiger partial charge on any atom is -0.497 e. The first-order valence-corrected chi connectivity index (χ1v) is 14.3. The second-order valence-corrected chi connectivity index (χ2v) is 12.1. The molecule has 2 heterocycles. The molecule has 0 aliphatic carbocycles. The Morgan fingerprint density at radius 2 is 1.64 bits per heavy atom. The van der Waals surface area contributed by atoms with Gasteiger partial charge in [-0.1, -0.05) is 54.2 Å². The molecule has 0 radical (unpaired) electrons. The van der Waals surface area contributed by atoms with Gasteiger partial charge >= 0.3 is 0 Å². The number of nitrogens with zero attached hydrogens (tertiary/aromatic N) is 2. The van der Waals surface area contributed by atoms with Crippen LogP contribution in [0.5, 0.6) is 11.5 Å². The van der Waals surface area contributed by atoms with E-state index >= 15 is 0 Å². The van der Waals surface area contributed by atoms with Crippen LogP contribution in [0.15, 0.2) is 83.9 Å². The molecule has 36 heavy (non-hydrogen) atoms. The van der Waals surface area contributed by atoms with Crippen LogP contribution in [-0.4, -0.2) is 49.4 Å². The average Bonchev–Trinajstić information content (AvgIpc) is 3.34. The molecule has 3 aromatic rings. The fourth-order valence-corrected chi connectivity index (χ4v) is 8.31. The second-order valence-electron chi connectivity index (χ2n) is 8.75. The number of anilines is 1. The van der Waals surface area contributed by atoms with E-state index in [4.69, 9.17) is 9.47 Å². The van der Waals surface area contributed by atoms with Crippen molar-refractivity contribution in [1.29, 1.82) is 0 Å². The normalized spacial score (nSPS) is 21.4.